The van der Waals surface area contributed by atoms with Crippen LogP contribution in [0.25, 0.3) is 0 Å². The molecule has 0 bridgehead atoms. The molecule has 1 aromatic carbocycles. The average molecular weight is 328 g/mol. The number of methoxy groups -OCH3 is 1. The minimum atomic E-state index is 0.216. The largest absolute Gasteiger partial charge is 0.497 e. The zero-order valence-corrected chi connectivity index (χ0v) is 14.8. The molecule has 1 saturated heterocycles. The topological polar surface area (TPSA) is 32.8 Å². The predicted molar refractivity (Wildman–Crippen MR) is 96.0 cm³/mol. The number of nitrogens with zero attached hydrogens (tertiary/aromatic N) is 2. The zero-order valence-electron chi connectivity index (χ0n) is 14.8. The predicted octanol–water partition coefficient (Wildman–Crippen LogP) is 3.23. The van der Waals surface area contributed by atoms with Crippen molar-refractivity contribution in [3.05, 3.63) is 41.5 Å². The van der Waals surface area contributed by atoms with E-state index in [2.05, 4.69) is 28.0 Å². The van der Waals surface area contributed by atoms with Crippen molar-refractivity contribution in [1.82, 2.24) is 9.80 Å². The molecule has 0 aromatic heterocycles. The lowest BCUT2D eigenvalue weighted by atomic mass is 9.92. The molecular formula is C20H28N2O2. The van der Waals surface area contributed by atoms with Crippen LogP contribution in [-0.4, -0.2) is 48.5 Å². The van der Waals surface area contributed by atoms with E-state index >= 15 is 0 Å². The molecule has 2 aliphatic heterocycles. The Kier molecular flexibility index (Phi) is 5.56. The quantitative estimate of drug-likeness (QED) is 0.796. The lowest BCUT2D eigenvalue weighted by Gasteiger charge is -2.40. The van der Waals surface area contributed by atoms with E-state index in [0.717, 1.165) is 51.2 Å². The molecule has 24 heavy (non-hydrogen) atoms. The van der Waals surface area contributed by atoms with Crippen LogP contribution in [0.3, 0.4) is 0 Å². The summed E-state index contributed by atoms with van der Waals surface area (Å²) in [6.45, 7) is 5.63. The summed E-state index contributed by atoms with van der Waals surface area (Å²) in [7, 11) is 1.70. The number of amides is 1. The fourth-order valence-corrected chi connectivity index (χ4v) is 3.89. The van der Waals surface area contributed by atoms with Crippen molar-refractivity contribution in [2.75, 3.05) is 26.7 Å². The van der Waals surface area contributed by atoms with Crippen molar-refractivity contribution in [3.8, 4) is 5.75 Å². The fourth-order valence-electron chi connectivity index (χ4n) is 3.89. The van der Waals surface area contributed by atoms with Gasteiger partial charge in [0.1, 0.15) is 5.75 Å². The molecule has 2 heterocycles. The number of ether oxygens (including phenoxy) is 1. The Labute approximate surface area is 145 Å². The van der Waals surface area contributed by atoms with E-state index in [4.69, 9.17) is 4.74 Å². The van der Waals surface area contributed by atoms with Gasteiger partial charge in [0.25, 0.3) is 0 Å². The molecule has 0 spiro atoms. The fraction of sp³-hybridized carbons (Fsp3) is 0.550. The summed E-state index contributed by atoms with van der Waals surface area (Å²) in [5, 5.41) is 0. The number of carbonyl (C=O) groups is 1. The van der Waals surface area contributed by atoms with E-state index in [1.54, 1.807) is 14.0 Å². The Hall–Kier alpha value is -1.81. The van der Waals surface area contributed by atoms with Crippen LogP contribution in [0.5, 0.6) is 5.75 Å². The Bertz CT molecular complexity index is 594. The maximum absolute atomic E-state index is 12.0. The third kappa shape index (κ3) is 3.99. The van der Waals surface area contributed by atoms with Crippen molar-refractivity contribution < 1.29 is 9.53 Å². The molecule has 4 heteroatoms. The number of likely N-dealkylation sites (tertiary alicyclic amines) is 1. The van der Waals surface area contributed by atoms with Crippen LogP contribution in [0.15, 0.2) is 35.9 Å². The van der Waals surface area contributed by atoms with Crippen molar-refractivity contribution in [3.63, 3.8) is 0 Å². The molecule has 0 saturated carbocycles. The summed E-state index contributed by atoms with van der Waals surface area (Å²) in [6, 6.07) is 8.64. The maximum Gasteiger partial charge on any atom is 0.219 e. The highest BCUT2D eigenvalue weighted by Gasteiger charge is 2.29. The minimum absolute atomic E-state index is 0.216. The molecule has 3 rings (SSSR count). The normalized spacial score (nSPS) is 22.2. The number of hydrogen-bond acceptors (Lipinski definition) is 3. The van der Waals surface area contributed by atoms with Gasteiger partial charge < -0.3 is 9.64 Å². The molecule has 1 atom stereocenters. The van der Waals surface area contributed by atoms with Crippen LogP contribution < -0.4 is 4.74 Å². The summed E-state index contributed by atoms with van der Waals surface area (Å²) in [4.78, 5) is 16.5. The highest BCUT2D eigenvalue weighted by Crippen LogP contribution is 2.27. The van der Waals surface area contributed by atoms with Gasteiger partial charge in [-0.2, -0.15) is 0 Å². The molecule has 1 amide bonds. The van der Waals surface area contributed by atoms with Gasteiger partial charge in [0.2, 0.25) is 5.91 Å². The van der Waals surface area contributed by atoms with Crippen molar-refractivity contribution >= 4 is 5.91 Å². The first-order chi connectivity index (χ1) is 11.7. The third-order valence-electron chi connectivity index (χ3n) is 5.16. The molecule has 130 valence electrons. The van der Waals surface area contributed by atoms with Crippen LogP contribution in [0.4, 0.5) is 0 Å². The monoisotopic (exact) mass is 328 g/mol. The van der Waals surface area contributed by atoms with E-state index in [9.17, 15) is 4.79 Å². The molecular weight excluding hydrogens is 300 g/mol. The van der Waals surface area contributed by atoms with Crippen LogP contribution in [0.1, 0.15) is 38.2 Å². The van der Waals surface area contributed by atoms with E-state index in [-0.39, 0.29) is 5.91 Å². The second-order valence-corrected chi connectivity index (χ2v) is 6.85. The molecule has 0 radical (unpaired) electrons. The SMILES string of the molecule is COc1ccc(CN2CCC=C([C@@H]3CCCCN3C(C)=O)C2)cc1. The molecule has 0 N–H and O–H groups in total. The third-order valence-corrected chi connectivity index (χ3v) is 5.16. The van der Waals surface area contributed by atoms with E-state index in [0.29, 0.717) is 6.04 Å². The Morgan fingerprint density at radius 2 is 2.00 bits per heavy atom. The maximum atomic E-state index is 12.0. The number of benzene rings is 1. The average Bonchev–Trinajstić information content (AvgIpc) is 2.62. The molecule has 4 nitrogen and oxygen atoms in total. The number of piperidine rings is 1. The summed E-state index contributed by atoms with van der Waals surface area (Å²) < 4.78 is 5.23. The van der Waals surface area contributed by atoms with E-state index < -0.39 is 0 Å². The highest BCUT2D eigenvalue weighted by molar-refractivity contribution is 5.74. The highest BCUT2D eigenvalue weighted by atomic mass is 16.5. The summed E-state index contributed by atoms with van der Waals surface area (Å²) >= 11 is 0. The number of carbonyl (C=O) groups excluding carboxylic acids is 1. The lowest BCUT2D eigenvalue weighted by Crippen LogP contribution is -2.46. The van der Waals surface area contributed by atoms with Gasteiger partial charge in [0, 0.05) is 33.1 Å². The molecule has 0 unspecified atom stereocenters. The van der Waals surface area contributed by atoms with Gasteiger partial charge in [-0.15, -0.1) is 0 Å². The van der Waals surface area contributed by atoms with Crippen LogP contribution in [0, 0.1) is 0 Å². The van der Waals surface area contributed by atoms with Crippen molar-refractivity contribution in [2.45, 2.75) is 45.2 Å². The summed E-state index contributed by atoms with van der Waals surface area (Å²) in [5.41, 5.74) is 2.74. The van der Waals surface area contributed by atoms with Gasteiger partial charge in [0.15, 0.2) is 0 Å². The minimum Gasteiger partial charge on any atom is -0.497 e. The Balaban J connectivity index is 1.64. The molecule has 1 aromatic rings. The van der Waals surface area contributed by atoms with Gasteiger partial charge >= 0.3 is 0 Å². The van der Waals surface area contributed by atoms with E-state index in [1.807, 2.05) is 12.1 Å². The smallest absolute Gasteiger partial charge is 0.219 e. The Morgan fingerprint density at radius 1 is 1.21 bits per heavy atom. The molecule has 2 aliphatic rings. The molecule has 1 fully saturated rings. The first kappa shape index (κ1) is 17.0. The number of rotatable bonds is 4. The number of hydrogen-bond donors (Lipinski definition) is 0. The van der Waals surface area contributed by atoms with E-state index in [1.165, 1.54) is 17.6 Å². The molecule has 0 aliphatic carbocycles. The van der Waals surface area contributed by atoms with Crippen LogP contribution >= 0.6 is 0 Å². The summed E-state index contributed by atoms with van der Waals surface area (Å²) in [6.07, 6.45) is 6.93. The second kappa shape index (κ2) is 7.84. The van der Waals surface area contributed by atoms with Gasteiger partial charge in [-0.3, -0.25) is 9.69 Å². The van der Waals surface area contributed by atoms with Crippen LogP contribution in [-0.2, 0) is 11.3 Å². The second-order valence-electron chi connectivity index (χ2n) is 6.85. The van der Waals surface area contributed by atoms with Gasteiger partial charge in [-0.1, -0.05) is 18.2 Å². The first-order valence-corrected chi connectivity index (χ1v) is 8.99. The zero-order chi connectivity index (χ0) is 16.9. The first-order valence-electron chi connectivity index (χ1n) is 8.99. The van der Waals surface area contributed by atoms with Gasteiger partial charge in [-0.05, 0) is 49.0 Å². The Morgan fingerprint density at radius 3 is 2.71 bits per heavy atom. The standard InChI is InChI=1S/C20H28N2O2/c1-16(23)22-13-4-3-7-20(22)18-6-5-12-21(15-18)14-17-8-10-19(24-2)11-9-17/h6,8-11,20H,3-5,7,12-15H2,1-2H3/t20-/m0/s1. The van der Waals surface area contributed by atoms with Gasteiger partial charge in [0.05, 0.1) is 13.2 Å². The summed E-state index contributed by atoms with van der Waals surface area (Å²) in [5.74, 6) is 1.12. The van der Waals surface area contributed by atoms with Crippen molar-refractivity contribution in [1.29, 1.82) is 0 Å². The lowest BCUT2D eigenvalue weighted by molar-refractivity contribution is -0.131. The van der Waals surface area contributed by atoms with Crippen LogP contribution in [0.2, 0.25) is 0 Å². The van der Waals surface area contributed by atoms with Gasteiger partial charge in [-0.25, -0.2) is 0 Å². The van der Waals surface area contributed by atoms with Crippen molar-refractivity contribution in [2.24, 2.45) is 0 Å².